The molecule has 0 aromatic carbocycles. The molecule has 3 heterocycles. The van der Waals surface area contributed by atoms with Crippen molar-refractivity contribution in [2.75, 3.05) is 26.3 Å². The van der Waals surface area contributed by atoms with Crippen molar-refractivity contribution >= 4 is 18.0 Å². The van der Waals surface area contributed by atoms with E-state index in [4.69, 9.17) is 4.74 Å². The topological polar surface area (TPSA) is 99.8 Å². The molecule has 5 amide bonds. The summed E-state index contributed by atoms with van der Waals surface area (Å²) in [4.78, 5) is 36.8. The number of likely N-dealkylation sites (tertiary alicyclic amines) is 1. The standard InChI is InChI=1S/C12H18N4O4/c17-9-12(15-10(18)14-9)2-4-16(5-3-12)11(19)13-8-1-6-20-7-8/h8H,1-7H2,(H,13,19)(H2,14,15,17,18). The summed E-state index contributed by atoms with van der Waals surface area (Å²) in [5.41, 5.74) is -0.829. The molecule has 0 aromatic rings. The van der Waals surface area contributed by atoms with E-state index in [9.17, 15) is 14.4 Å². The molecule has 1 unspecified atom stereocenters. The zero-order valence-corrected chi connectivity index (χ0v) is 11.1. The highest BCUT2D eigenvalue weighted by Crippen LogP contribution is 2.25. The third kappa shape index (κ3) is 2.31. The van der Waals surface area contributed by atoms with Gasteiger partial charge in [0, 0.05) is 19.7 Å². The first-order valence-corrected chi connectivity index (χ1v) is 6.86. The molecule has 3 saturated heterocycles. The molecule has 1 spiro atoms. The number of carbonyl (C=O) groups is 3. The number of hydrogen-bond donors (Lipinski definition) is 3. The number of imide groups is 1. The fraction of sp³-hybridized carbons (Fsp3) is 0.750. The van der Waals surface area contributed by atoms with Gasteiger partial charge in [0.05, 0.1) is 12.6 Å². The third-order valence-electron chi connectivity index (χ3n) is 4.18. The van der Waals surface area contributed by atoms with Gasteiger partial charge in [0.25, 0.3) is 5.91 Å². The van der Waals surface area contributed by atoms with Crippen molar-refractivity contribution in [3.63, 3.8) is 0 Å². The number of urea groups is 2. The van der Waals surface area contributed by atoms with Crippen molar-refractivity contribution in [2.45, 2.75) is 30.8 Å². The molecule has 8 heteroatoms. The monoisotopic (exact) mass is 282 g/mol. The molecule has 0 aromatic heterocycles. The summed E-state index contributed by atoms with van der Waals surface area (Å²) in [5, 5.41) is 7.85. The summed E-state index contributed by atoms with van der Waals surface area (Å²) in [6, 6.07) is -0.496. The molecule has 0 bridgehead atoms. The van der Waals surface area contributed by atoms with Crippen LogP contribution >= 0.6 is 0 Å². The van der Waals surface area contributed by atoms with Gasteiger partial charge in [-0.1, -0.05) is 0 Å². The first-order chi connectivity index (χ1) is 9.59. The highest BCUT2D eigenvalue weighted by atomic mass is 16.5. The van der Waals surface area contributed by atoms with Gasteiger partial charge in [-0.15, -0.1) is 0 Å². The lowest BCUT2D eigenvalue weighted by atomic mass is 9.88. The zero-order chi connectivity index (χ0) is 14.2. The number of rotatable bonds is 1. The molecule has 0 aliphatic carbocycles. The average Bonchev–Trinajstić information content (AvgIpc) is 3.00. The molecule has 1 atom stereocenters. The van der Waals surface area contributed by atoms with Crippen LogP contribution in [0.15, 0.2) is 0 Å². The fourth-order valence-corrected chi connectivity index (χ4v) is 2.89. The van der Waals surface area contributed by atoms with Crippen LogP contribution in [0.4, 0.5) is 9.59 Å². The predicted molar refractivity (Wildman–Crippen MR) is 68.0 cm³/mol. The Morgan fingerprint density at radius 3 is 2.65 bits per heavy atom. The first-order valence-electron chi connectivity index (χ1n) is 6.86. The Morgan fingerprint density at radius 2 is 2.10 bits per heavy atom. The molecule has 0 radical (unpaired) electrons. The second-order valence-electron chi connectivity index (χ2n) is 5.49. The van der Waals surface area contributed by atoms with E-state index in [1.54, 1.807) is 4.90 Å². The Labute approximate surface area is 116 Å². The van der Waals surface area contributed by atoms with Crippen LogP contribution in [0.1, 0.15) is 19.3 Å². The van der Waals surface area contributed by atoms with E-state index in [0.29, 0.717) is 39.1 Å². The Kier molecular flexibility index (Phi) is 3.25. The lowest BCUT2D eigenvalue weighted by molar-refractivity contribution is -0.125. The molecule has 3 rings (SSSR count). The summed E-state index contributed by atoms with van der Waals surface area (Å²) in [5.74, 6) is -0.285. The predicted octanol–water partition coefficient (Wildman–Crippen LogP) is -0.841. The number of carbonyl (C=O) groups excluding carboxylic acids is 3. The number of amides is 5. The van der Waals surface area contributed by atoms with E-state index in [-0.39, 0.29) is 18.0 Å². The van der Waals surface area contributed by atoms with Gasteiger partial charge in [-0.3, -0.25) is 10.1 Å². The number of nitrogens with zero attached hydrogens (tertiary/aromatic N) is 1. The smallest absolute Gasteiger partial charge is 0.322 e. The maximum absolute atomic E-state index is 12.1. The Hall–Kier alpha value is -1.83. The molecule has 20 heavy (non-hydrogen) atoms. The van der Waals surface area contributed by atoms with Crippen LogP contribution in [0.3, 0.4) is 0 Å². The summed E-state index contributed by atoms with van der Waals surface area (Å²) >= 11 is 0. The number of piperidine rings is 1. The molecule has 3 aliphatic heterocycles. The largest absolute Gasteiger partial charge is 0.379 e. The molecule has 3 aliphatic rings. The van der Waals surface area contributed by atoms with E-state index in [1.165, 1.54) is 0 Å². The molecule has 110 valence electrons. The molecular formula is C12H18N4O4. The average molecular weight is 282 g/mol. The minimum absolute atomic E-state index is 0.0767. The van der Waals surface area contributed by atoms with Gasteiger partial charge in [0.15, 0.2) is 0 Å². The SMILES string of the molecule is O=C1NC(=O)C2(CCN(C(=O)NC3CCOC3)CC2)N1. The second-order valence-corrected chi connectivity index (χ2v) is 5.49. The van der Waals surface area contributed by atoms with E-state index in [1.807, 2.05) is 0 Å². The number of hydrogen-bond acceptors (Lipinski definition) is 4. The molecular weight excluding hydrogens is 264 g/mol. The van der Waals surface area contributed by atoms with Gasteiger partial charge in [-0.05, 0) is 19.3 Å². The minimum Gasteiger partial charge on any atom is -0.379 e. The van der Waals surface area contributed by atoms with Crippen LogP contribution in [0.25, 0.3) is 0 Å². The van der Waals surface area contributed by atoms with Crippen LogP contribution in [-0.4, -0.2) is 60.8 Å². The van der Waals surface area contributed by atoms with Crippen molar-refractivity contribution in [3.8, 4) is 0 Å². The minimum atomic E-state index is -0.829. The summed E-state index contributed by atoms with van der Waals surface area (Å²) in [6.45, 7) is 2.14. The maximum atomic E-state index is 12.1. The van der Waals surface area contributed by atoms with Crippen molar-refractivity contribution in [2.24, 2.45) is 0 Å². The summed E-state index contributed by atoms with van der Waals surface area (Å²) < 4.78 is 5.21. The Balaban J connectivity index is 1.54. The van der Waals surface area contributed by atoms with Crippen molar-refractivity contribution in [3.05, 3.63) is 0 Å². The highest BCUT2D eigenvalue weighted by Gasteiger charge is 2.48. The van der Waals surface area contributed by atoms with E-state index < -0.39 is 11.6 Å². The molecule has 3 N–H and O–H groups in total. The van der Waals surface area contributed by atoms with Gasteiger partial charge < -0.3 is 20.3 Å². The van der Waals surface area contributed by atoms with Gasteiger partial charge in [0.2, 0.25) is 0 Å². The lowest BCUT2D eigenvalue weighted by Gasteiger charge is -2.37. The van der Waals surface area contributed by atoms with Crippen molar-refractivity contribution in [1.29, 1.82) is 0 Å². The van der Waals surface area contributed by atoms with Crippen LogP contribution in [0.5, 0.6) is 0 Å². The second kappa shape index (κ2) is 4.93. The third-order valence-corrected chi connectivity index (χ3v) is 4.18. The van der Waals surface area contributed by atoms with E-state index >= 15 is 0 Å². The fourth-order valence-electron chi connectivity index (χ4n) is 2.89. The molecule has 0 saturated carbocycles. The van der Waals surface area contributed by atoms with E-state index in [2.05, 4.69) is 16.0 Å². The van der Waals surface area contributed by atoms with Gasteiger partial charge in [0.1, 0.15) is 5.54 Å². The number of ether oxygens (including phenoxy) is 1. The summed E-state index contributed by atoms with van der Waals surface area (Å²) in [7, 11) is 0. The zero-order valence-electron chi connectivity index (χ0n) is 11.1. The normalized spacial score (nSPS) is 28.4. The van der Waals surface area contributed by atoms with Crippen molar-refractivity contribution < 1.29 is 19.1 Å². The van der Waals surface area contributed by atoms with Crippen LogP contribution in [0.2, 0.25) is 0 Å². The van der Waals surface area contributed by atoms with E-state index in [0.717, 1.165) is 6.42 Å². The highest BCUT2D eigenvalue weighted by molar-refractivity contribution is 6.07. The Bertz CT molecular complexity index is 439. The Morgan fingerprint density at radius 1 is 1.35 bits per heavy atom. The van der Waals surface area contributed by atoms with Gasteiger partial charge in [-0.2, -0.15) is 0 Å². The summed E-state index contributed by atoms with van der Waals surface area (Å²) in [6.07, 6.45) is 1.72. The quantitative estimate of drug-likeness (QED) is 0.546. The lowest BCUT2D eigenvalue weighted by Crippen LogP contribution is -2.57. The van der Waals surface area contributed by atoms with Crippen LogP contribution < -0.4 is 16.0 Å². The van der Waals surface area contributed by atoms with Crippen LogP contribution in [0, 0.1) is 0 Å². The van der Waals surface area contributed by atoms with Crippen LogP contribution in [-0.2, 0) is 9.53 Å². The van der Waals surface area contributed by atoms with Crippen molar-refractivity contribution in [1.82, 2.24) is 20.9 Å². The van der Waals surface area contributed by atoms with Gasteiger partial charge in [-0.25, -0.2) is 9.59 Å². The van der Waals surface area contributed by atoms with Gasteiger partial charge >= 0.3 is 12.1 Å². The number of nitrogens with one attached hydrogen (secondary N) is 3. The molecule has 8 nitrogen and oxygen atoms in total. The maximum Gasteiger partial charge on any atom is 0.322 e. The first kappa shape index (κ1) is 13.2. The molecule has 3 fully saturated rings.